The number of halogens is 2. The van der Waals surface area contributed by atoms with E-state index in [4.69, 9.17) is 16.3 Å². The van der Waals surface area contributed by atoms with E-state index in [-0.39, 0.29) is 40.0 Å². The molecule has 174 valence electrons. The van der Waals surface area contributed by atoms with E-state index in [1.54, 1.807) is 18.2 Å². The Morgan fingerprint density at radius 2 is 1.94 bits per heavy atom. The Bertz CT molecular complexity index is 1300. The van der Waals surface area contributed by atoms with Crippen LogP contribution in [0.4, 0.5) is 15.9 Å². The van der Waals surface area contributed by atoms with E-state index in [0.29, 0.717) is 16.3 Å². The second-order valence-electron chi connectivity index (χ2n) is 6.84. The van der Waals surface area contributed by atoms with Crippen molar-refractivity contribution in [1.82, 2.24) is 9.97 Å². The highest BCUT2D eigenvalue weighted by Crippen LogP contribution is 2.31. The van der Waals surface area contributed by atoms with Crippen molar-refractivity contribution < 1.29 is 27.1 Å². The molecule has 1 aromatic heterocycles. The molecular weight excluding hydrogens is 473 g/mol. The molecule has 3 rings (SSSR count). The minimum atomic E-state index is -3.69. The second-order valence-corrected chi connectivity index (χ2v) is 9.50. The van der Waals surface area contributed by atoms with Gasteiger partial charge in [0.15, 0.2) is 21.5 Å². The van der Waals surface area contributed by atoms with Crippen LogP contribution < -0.4 is 10.1 Å². The molecule has 0 saturated heterocycles. The lowest BCUT2D eigenvalue weighted by Gasteiger charge is -2.13. The number of methoxy groups -OCH3 is 2. The minimum Gasteiger partial charge on any atom is -0.495 e. The largest absolute Gasteiger partial charge is 0.495 e. The SMILES string of the molecule is CCS(=O)(=O)c1cnc(-c2ccc(OC)c(Cl)c2)nc1Nc1ccc(CC(=O)OC)c(F)c1. The van der Waals surface area contributed by atoms with Crippen LogP contribution in [0.25, 0.3) is 11.4 Å². The fraction of sp³-hybridized carbons (Fsp3) is 0.227. The molecule has 3 aromatic rings. The summed E-state index contributed by atoms with van der Waals surface area (Å²) in [5.41, 5.74) is 0.917. The number of hydrogen-bond acceptors (Lipinski definition) is 8. The summed E-state index contributed by atoms with van der Waals surface area (Å²) in [4.78, 5) is 19.8. The average Bonchev–Trinajstić information content (AvgIpc) is 2.80. The summed E-state index contributed by atoms with van der Waals surface area (Å²) >= 11 is 6.19. The quantitative estimate of drug-likeness (QED) is 0.465. The Morgan fingerprint density at radius 3 is 2.55 bits per heavy atom. The number of sulfone groups is 1. The van der Waals surface area contributed by atoms with Crippen molar-refractivity contribution in [2.24, 2.45) is 0 Å². The van der Waals surface area contributed by atoms with Crippen molar-refractivity contribution >= 4 is 38.9 Å². The van der Waals surface area contributed by atoms with Crippen molar-refractivity contribution in [1.29, 1.82) is 0 Å². The predicted molar refractivity (Wildman–Crippen MR) is 122 cm³/mol. The molecule has 0 atom stereocenters. The van der Waals surface area contributed by atoms with Crippen LogP contribution >= 0.6 is 11.6 Å². The van der Waals surface area contributed by atoms with Crippen LogP contribution in [-0.2, 0) is 25.8 Å². The lowest BCUT2D eigenvalue weighted by atomic mass is 10.1. The molecule has 0 amide bonds. The number of anilines is 2. The molecule has 0 aliphatic rings. The fourth-order valence-corrected chi connectivity index (χ4v) is 4.09. The lowest BCUT2D eigenvalue weighted by Crippen LogP contribution is -2.11. The van der Waals surface area contributed by atoms with Gasteiger partial charge >= 0.3 is 5.97 Å². The van der Waals surface area contributed by atoms with Crippen LogP contribution in [0.15, 0.2) is 47.5 Å². The van der Waals surface area contributed by atoms with Gasteiger partial charge in [-0.2, -0.15) is 0 Å². The zero-order valence-corrected chi connectivity index (χ0v) is 19.6. The van der Waals surface area contributed by atoms with Crippen LogP contribution in [0.1, 0.15) is 12.5 Å². The van der Waals surface area contributed by atoms with Gasteiger partial charge in [-0.3, -0.25) is 4.79 Å². The van der Waals surface area contributed by atoms with Crippen molar-refractivity contribution in [2.75, 3.05) is 25.3 Å². The first kappa shape index (κ1) is 24.4. The number of ether oxygens (including phenoxy) is 2. The number of esters is 1. The Hall–Kier alpha value is -3.24. The van der Waals surface area contributed by atoms with Gasteiger partial charge in [-0.15, -0.1) is 0 Å². The Morgan fingerprint density at radius 1 is 1.18 bits per heavy atom. The first-order valence-electron chi connectivity index (χ1n) is 9.74. The zero-order valence-electron chi connectivity index (χ0n) is 18.1. The van der Waals surface area contributed by atoms with Gasteiger partial charge in [-0.1, -0.05) is 24.6 Å². The van der Waals surface area contributed by atoms with Gasteiger partial charge in [0.25, 0.3) is 0 Å². The molecule has 0 aliphatic heterocycles. The number of aromatic nitrogens is 2. The monoisotopic (exact) mass is 493 g/mol. The van der Waals surface area contributed by atoms with E-state index < -0.39 is 21.6 Å². The smallest absolute Gasteiger partial charge is 0.310 e. The molecule has 8 nitrogen and oxygen atoms in total. The molecule has 0 spiro atoms. The third kappa shape index (κ3) is 5.58. The number of carbonyl (C=O) groups excluding carboxylic acids is 1. The molecule has 0 fully saturated rings. The third-order valence-electron chi connectivity index (χ3n) is 4.76. The highest BCUT2D eigenvalue weighted by Gasteiger charge is 2.21. The molecule has 0 saturated carbocycles. The van der Waals surface area contributed by atoms with Gasteiger partial charge in [0.1, 0.15) is 16.5 Å². The zero-order chi connectivity index (χ0) is 24.2. The van der Waals surface area contributed by atoms with Crippen molar-refractivity contribution in [3.05, 3.63) is 59.0 Å². The van der Waals surface area contributed by atoms with Gasteiger partial charge in [-0.25, -0.2) is 22.8 Å². The Balaban J connectivity index is 2.03. The number of nitrogens with zero attached hydrogens (tertiary/aromatic N) is 2. The highest BCUT2D eigenvalue weighted by molar-refractivity contribution is 7.91. The maximum Gasteiger partial charge on any atom is 0.310 e. The molecule has 0 unspecified atom stereocenters. The maximum absolute atomic E-state index is 14.5. The highest BCUT2D eigenvalue weighted by atomic mass is 35.5. The van der Waals surface area contributed by atoms with E-state index in [1.165, 1.54) is 39.5 Å². The summed E-state index contributed by atoms with van der Waals surface area (Å²) in [6.07, 6.45) is 0.970. The van der Waals surface area contributed by atoms with Crippen LogP contribution in [0.5, 0.6) is 5.75 Å². The van der Waals surface area contributed by atoms with Crippen molar-refractivity contribution in [3.8, 4) is 17.1 Å². The Kier molecular flexibility index (Phi) is 7.50. The third-order valence-corrected chi connectivity index (χ3v) is 6.78. The molecule has 2 aromatic carbocycles. The number of rotatable bonds is 8. The number of carbonyl (C=O) groups is 1. The summed E-state index contributed by atoms with van der Waals surface area (Å²) in [6.45, 7) is 1.50. The molecule has 0 bridgehead atoms. The molecular formula is C22H21ClFN3O5S. The molecule has 11 heteroatoms. The van der Waals surface area contributed by atoms with Gasteiger partial charge in [-0.05, 0) is 35.9 Å². The number of hydrogen-bond donors (Lipinski definition) is 1. The van der Waals surface area contributed by atoms with E-state index in [0.717, 1.165) is 6.07 Å². The van der Waals surface area contributed by atoms with Crippen LogP contribution in [-0.4, -0.2) is 44.3 Å². The van der Waals surface area contributed by atoms with Crippen molar-refractivity contribution in [2.45, 2.75) is 18.2 Å². The number of benzene rings is 2. The lowest BCUT2D eigenvalue weighted by molar-refractivity contribution is -0.139. The van der Waals surface area contributed by atoms with Gasteiger partial charge in [0.2, 0.25) is 0 Å². The van der Waals surface area contributed by atoms with E-state index in [9.17, 15) is 17.6 Å². The average molecular weight is 494 g/mol. The molecule has 0 aliphatic carbocycles. The van der Waals surface area contributed by atoms with Crippen LogP contribution in [0.2, 0.25) is 5.02 Å². The first-order valence-corrected chi connectivity index (χ1v) is 11.8. The summed E-state index contributed by atoms with van der Waals surface area (Å²) in [5.74, 6) is -0.753. The summed E-state index contributed by atoms with van der Waals surface area (Å²) in [5, 5.41) is 3.19. The first-order chi connectivity index (χ1) is 15.7. The van der Waals surface area contributed by atoms with E-state index in [1.807, 2.05) is 0 Å². The minimum absolute atomic E-state index is 0.0195. The predicted octanol–water partition coefficient (Wildman–Crippen LogP) is 4.20. The molecule has 33 heavy (non-hydrogen) atoms. The van der Waals surface area contributed by atoms with Gasteiger partial charge in [0.05, 0.1) is 37.6 Å². The second kappa shape index (κ2) is 10.1. The standard InChI is InChI=1S/C22H21ClFN3O5S/c1-4-33(29,30)19-12-25-21(14-6-8-18(31-2)16(23)9-14)27-22(19)26-15-7-5-13(17(24)11-15)10-20(28)32-3/h5-9,11-12H,4,10H2,1-3H3,(H,25,26,27). The molecule has 1 N–H and O–H groups in total. The Labute approximate surface area is 195 Å². The summed E-state index contributed by atoms with van der Waals surface area (Å²) in [7, 11) is -0.990. The van der Waals surface area contributed by atoms with Crippen LogP contribution in [0, 0.1) is 5.82 Å². The van der Waals surface area contributed by atoms with Gasteiger partial charge in [0, 0.05) is 11.3 Å². The van der Waals surface area contributed by atoms with E-state index in [2.05, 4.69) is 20.0 Å². The summed E-state index contributed by atoms with van der Waals surface area (Å²) in [6, 6.07) is 8.98. The number of nitrogens with one attached hydrogen (secondary N) is 1. The topological polar surface area (TPSA) is 107 Å². The fourth-order valence-electron chi connectivity index (χ4n) is 2.92. The van der Waals surface area contributed by atoms with E-state index >= 15 is 0 Å². The normalized spacial score (nSPS) is 11.2. The molecule has 1 heterocycles. The molecule has 0 radical (unpaired) electrons. The van der Waals surface area contributed by atoms with Crippen LogP contribution in [0.3, 0.4) is 0 Å². The van der Waals surface area contributed by atoms with Crippen molar-refractivity contribution in [3.63, 3.8) is 0 Å². The summed E-state index contributed by atoms with van der Waals surface area (Å²) < 4.78 is 49.4. The van der Waals surface area contributed by atoms with Gasteiger partial charge < -0.3 is 14.8 Å². The maximum atomic E-state index is 14.5.